The van der Waals surface area contributed by atoms with E-state index in [0.29, 0.717) is 30.7 Å². The van der Waals surface area contributed by atoms with E-state index >= 15 is 0 Å². The van der Waals surface area contributed by atoms with Crippen LogP contribution >= 0.6 is 0 Å². The van der Waals surface area contributed by atoms with Crippen molar-refractivity contribution in [2.75, 3.05) is 6.61 Å². The Morgan fingerprint density at radius 3 is 2.61 bits per heavy atom. The van der Waals surface area contributed by atoms with Gasteiger partial charge < -0.3 is 14.4 Å². The lowest BCUT2D eigenvalue weighted by molar-refractivity contribution is -0.0221. The Kier molecular flexibility index (Phi) is 5.28. The highest BCUT2D eigenvalue weighted by molar-refractivity contribution is 4.98. The van der Waals surface area contributed by atoms with Gasteiger partial charge in [-0.3, -0.25) is 0 Å². The highest BCUT2D eigenvalue weighted by Crippen LogP contribution is 2.22. The molecule has 1 unspecified atom stereocenters. The minimum atomic E-state index is -0.556. The van der Waals surface area contributed by atoms with Crippen LogP contribution in [0.3, 0.4) is 0 Å². The summed E-state index contributed by atoms with van der Waals surface area (Å²) in [6, 6.07) is 0. The van der Waals surface area contributed by atoms with Crippen LogP contribution in [0, 0.1) is 5.92 Å². The molecule has 0 amide bonds. The minimum absolute atomic E-state index is 0.396. The Bertz CT molecular complexity index is 361. The predicted molar refractivity (Wildman–Crippen MR) is 68.1 cm³/mol. The molecule has 0 aliphatic carbocycles. The molecule has 0 saturated heterocycles. The topological polar surface area (TPSA) is 68.4 Å². The van der Waals surface area contributed by atoms with Crippen LogP contribution in [0.4, 0.5) is 0 Å². The molecule has 1 aromatic rings. The van der Waals surface area contributed by atoms with Crippen LogP contribution in [0.25, 0.3) is 0 Å². The Hall–Kier alpha value is -0.940. The molecule has 0 radical (unpaired) electrons. The first-order valence-electron chi connectivity index (χ1n) is 6.50. The summed E-state index contributed by atoms with van der Waals surface area (Å²) >= 11 is 0. The molecule has 1 N–H and O–H groups in total. The van der Waals surface area contributed by atoms with Crippen molar-refractivity contribution >= 4 is 0 Å². The Labute approximate surface area is 109 Å². The molecule has 0 bridgehead atoms. The van der Waals surface area contributed by atoms with Crippen molar-refractivity contribution < 1.29 is 14.4 Å². The number of ether oxygens (including phenoxy) is 1. The molecular formula is C13H24N2O3. The van der Waals surface area contributed by atoms with Crippen LogP contribution in [0.15, 0.2) is 4.52 Å². The molecule has 1 atom stereocenters. The molecule has 0 aliphatic heterocycles. The maximum absolute atomic E-state index is 9.83. The zero-order valence-corrected chi connectivity index (χ0v) is 11.9. The third kappa shape index (κ3) is 4.38. The normalized spacial score (nSPS) is 14.2. The van der Waals surface area contributed by atoms with Crippen molar-refractivity contribution in [2.24, 2.45) is 5.92 Å². The Balaban J connectivity index is 2.63. The lowest BCUT2D eigenvalue weighted by Gasteiger charge is -2.19. The molecule has 1 aromatic heterocycles. The lowest BCUT2D eigenvalue weighted by atomic mass is 10.0. The minimum Gasteiger partial charge on any atom is -0.393 e. The molecule has 5 heteroatoms. The highest BCUT2D eigenvalue weighted by Gasteiger charge is 2.27. The van der Waals surface area contributed by atoms with Gasteiger partial charge in [-0.05, 0) is 33.1 Å². The molecular weight excluding hydrogens is 232 g/mol. The summed E-state index contributed by atoms with van der Waals surface area (Å²) in [5, 5.41) is 13.7. The van der Waals surface area contributed by atoms with Gasteiger partial charge in [0.05, 0.1) is 12.5 Å². The summed E-state index contributed by atoms with van der Waals surface area (Å²) in [4.78, 5) is 4.29. The van der Waals surface area contributed by atoms with Crippen LogP contribution in [0.5, 0.6) is 0 Å². The van der Waals surface area contributed by atoms with E-state index in [9.17, 15) is 5.11 Å². The van der Waals surface area contributed by atoms with Gasteiger partial charge in [-0.25, -0.2) is 0 Å². The quantitative estimate of drug-likeness (QED) is 0.810. The second-order valence-corrected chi connectivity index (χ2v) is 5.44. The first-order chi connectivity index (χ1) is 8.35. The summed E-state index contributed by atoms with van der Waals surface area (Å²) in [5.41, 5.74) is -0.556. The second kappa shape index (κ2) is 6.29. The zero-order chi connectivity index (χ0) is 13.8. The molecule has 104 valence electrons. The molecule has 0 aromatic carbocycles. The fourth-order valence-electron chi connectivity index (χ4n) is 1.84. The zero-order valence-electron chi connectivity index (χ0n) is 11.9. The number of hydrogen-bond acceptors (Lipinski definition) is 5. The summed E-state index contributed by atoms with van der Waals surface area (Å²) < 4.78 is 10.7. The van der Waals surface area contributed by atoms with Crippen molar-refractivity contribution in [1.29, 1.82) is 0 Å². The van der Waals surface area contributed by atoms with Gasteiger partial charge in [0, 0.05) is 6.61 Å². The van der Waals surface area contributed by atoms with Crippen molar-refractivity contribution in [3.8, 4) is 0 Å². The van der Waals surface area contributed by atoms with Crippen LogP contribution in [-0.2, 0) is 16.8 Å². The average Bonchev–Trinajstić information content (AvgIpc) is 2.65. The lowest BCUT2D eigenvalue weighted by Crippen LogP contribution is -2.23. The predicted octanol–water partition coefficient (Wildman–Crippen LogP) is 2.29. The molecule has 0 spiro atoms. The summed E-state index contributed by atoms with van der Waals surface area (Å²) in [5.74, 6) is 1.43. The largest absolute Gasteiger partial charge is 0.393 e. The van der Waals surface area contributed by atoms with E-state index in [2.05, 4.69) is 24.0 Å². The standard InChI is InChI=1S/C13H24N2O3/c1-6-17-13(4,5)12-14-11(18-15-12)8-10(16)7-9(2)3/h9-10,16H,6-8H2,1-5H3. The molecule has 0 saturated carbocycles. The van der Waals surface area contributed by atoms with Gasteiger partial charge in [-0.15, -0.1) is 0 Å². The number of aliphatic hydroxyl groups excluding tert-OH is 1. The first-order valence-corrected chi connectivity index (χ1v) is 6.50. The molecule has 0 fully saturated rings. The van der Waals surface area contributed by atoms with Gasteiger partial charge in [0.15, 0.2) is 0 Å². The van der Waals surface area contributed by atoms with E-state index in [1.807, 2.05) is 20.8 Å². The van der Waals surface area contributed by atoms with E-state index in [1.165, 1.54) is 0 Å². The van der Waals surface area contributed by atoms with E-state index < -0.39 is 11.7 Å². The number of aliphatic hydroxyl groups is 1. The third-order valence-corrected chi connectivity index (χ3v) is 2.67. The molecule has 18 heavy (non-hydrogen) atoms. The van der Waals surface area contributed by atoms with Gasteiger partial charge in [0.25, 0.3) is 0 Å². The molecule has 1 heterocycles. The summed E-state index contributed by atoms with van der Waals surface area (Å²) in [7, 11) is 0. The van der Waals surface area contributed by atoms with Gasteiger partial charge in [-0.1, -0.05) is 19.0 Å². The van der Waals surface area contributed by atoms with Crippen LogP contribution in [-0.4, -0.2) is 28.0 Å². The van der Waals surface area contributed by atoms with Crippen molar-refractivity contribution in [3.05, 3.63) is 11.7 Å². The van der Waals surface area contributed by atoms with E-state index in [1.54, 1.807) is 0 Å². The van der Waals surface area contributed by atoms with Crippen molar-refractivity contribution in [1.82, 2.24) is 10.1 Å². The summed E-state index contributed by atoms with van der Waals surface area (Å²) in [6.45, 7) is 10.5. The van der Waals surface area contributed by atoms with Crippen LogP contribution in [0.2, 0.25) is 0 Å². The SMILES string of the molecule is CCOC(C)(C)c1noc(CC(O)CC(C)C)n1. The monoisotopic (exact) mass is 256 g/mol. The Morgan fingerprint density at radius 1 is 1.39 bits per heavy atom. The fourth-order valence-corrected chi connectivity index (χ4v) is 1.84. The first kappa shape index (κ1) is 15.1. The Morgan fingerprint density at radius 2 is 2.06 bits per heavy atom. The number of aromatic nitrogens is 2. The van der Waals surface area contributed by atoms with Gasteiger partial charge in [-0.2, -0.15) is 4.98 Å². The average molecular weight is 256 g/mol. The van der Waals surface area contributed by atoms with Gasteiger partial charge in [0.2, 0.25) is 11.7 Å². The number of rotatable bonds is 7. The van der Waals surface area contributed by atoms with Crippen molar-refractivity contribution in [3.63, 3.8) is 0 Å². The molecule has 1 rings (SSSR count). The summed E-state index contributed by atoms with van der Waals surface area (Å²) in [6.07, 6.45) is 0.688. The number of hydrogen-bond donors (Lipinski definition) is 1. The van der Waals surface area contributed by atoms with E-state index in [-0.39, 0.29) is 0 Å². The molecule has 0 aliphatic rings. The highest BCUT2D eigenvalue weighted by atomic mass is 16.5. The van der Waals surface area contributed by atoms with Gasteiger partial charge in [0.1, 0.15) is 5.60 Å². The third-order valence-electron chi connectivity index (χ3n) is 2.67. The fraction of sp³-hybridized carbons (Fsp3) is 0.846. The second-order valence-electron chi connectivity index (χ2n) is 5.44. The van der Waals surface area contributed by atoms with Gasteiger partial charge >= 0.3 is 0 Å². The number of nitrogens with zero attached hydrogens (tertiary/aromatic N) is 2. The smallest absolute Gasteiger partial charge is 0.229 e. The van der Waals surface area contributed by atoms with Crippen molar-refractivity contribution in [2.45, 2.75) is 59.2 Å². The molecule has 5 nitrogen and oxygen atoms in total. The van der Waals surface area contributed by atoms with Crippen LogP contribution in [0.1, 0.15) is 52.8 Å². The van der Waals surface area contributed by atoms with E-state index in [0.717, 1.165) is 6.42 Å². The van der Waals surface area contributed by atoms with E-state index in [4.69, 9.17) is 9.26 Å². The van der Waals surface area contributed by atoms with Crippen LogP contribution < -0.4 is 0 Å². The maximum atomic E-state index is 9.83. The maximum Gasteiger partial charge on any atom is 0.229 e.